The molecule has 1 saturated carbocycles. The highest BCUT2D eigenvalue weighted by atomic mass is 32.2. The van der Waals surface area contributed by atoms with Crippen LogP contribution < -0.4 is 14.8 Å². The maximum absolute atomic E-state index is 12.5. The van der Waals surface area contributed by atoms with Crippen LogP contribution in [0.5, 0.6) is 11.5 Å². The molecule has 1 aliphatic carbocycles. The molecule has 0 unspecified atom stereocenters. The zero-order valence-corrected chi connectivity index (χ0v) is 20.1. The molecule has 0 aliphatic heterocycles. The number of allylic oxidation sites excluding steroid dienone is 1. The van der Waals surface area contributed by atoms with Crippen molar-refractivity contribution in [1.29, 1.82) is 0 Å². The number of ether oxygens (including phenoxy) is 2. The summed E-state index contributed by atoms with van der Waals surface area (Å²) in [6.07, 6.45) is 6.48. The molecular formula is C24H34N4O3S. The van der Waals surface area contributed by atoms with E-state index in [0.29, 0.717) is 47.3 Å². The molecule has 0 bridgehead atoms. The van der Waals surface area contributed by atoms with Crippen molar-refractivity contribution >= 4 is 17.7 Å². The Hall–Kier alpha value is -2.48. The lowest BCUT2D eigenvalue weighted by Gasteiger charge is -2.29. The average Bonchev–Trinajstić information content (AvgIpc) is 3.15. The zero-order chi connectivity index (χ0) is 22.9. The summed E-state index contributed by atoms with van der Waals surface area (Å²) >= 11 is 1.39. The molecule has 3 rings (SSSR count). The summed E-state index contributed by atoms with van der Waals surface area (Å²) in [6.45, 7) is 11.4. The number of hydrogen-bond acceptors (Lipinski definition) is 6. The van der Waals surface area contributed by atoms with E-state index in [1.165, 1.54) is 31.0 Å². The minimum Gasteiger partial charge on any atom is -0.490 e. The van der Waals surface area contributed by atoms with Crippen LogP contribution in [0.4, 0.5) is 0 Å². The Labute approximate surface area is 195 Å². The van der Waals surface area contributed by atoms with Gasteiger partial charge in [-0.3, -0.25) is 9.36 Å². The van der Waals surface area contributed by atoms with Crippen LogP contribution in [0.2, 0.25) is 0 Å². The normalized spacial score (nSPS) is 18.2. The van der Waals surface area contributed by atoms with E-state index in [0.717, 1.165) is 12.0 Å². The second-order valence-electron chi connectivity index (χ2n) is 8.19. The predicted molar refractivity (Wildman–Crippen MR) is 127 cm³/mol. The monoisotopic (exact) mass is 458 g/mol. The molecule has 1 aromatic heterocycles. The lowest BCUT2D eigenvalue weighted by Crippen LogP contribution is -2.41. The molecule has 0 saturated heterocycles. The summed E-state index contributed by atoms with van der Waals surface area (Å²) in [6, 6.07) is 6.13. The maximum atomic E-state index is 12.5. The Morgan fingerprint density at radius 3 is 2.84 bits per heavy atom. The van der Waals surface area contributed by atoms with Crippen LogP contribution >= 0.6 is 11.8 Å². The van der Waals surface area contributed by atoms with Gasteiger partial charge in [0, 0.05) is 12.6 Å². The molecule has 1 heterocycles. The molecule has 2 atom stereocenters. The third kappa shape index (κ3) is 6.51. The van der Waals surface area contributed by atoms with Crippen LogP contribution in [0.3, 0.4) is 0 Å². The number of nitrogens with one attached hydrogen (secondary N) is 1. The van der Waals surface area contributed by atoms with Crippen LogP contribution in [-0.2, 0) is 17.9 Å². The first kappa shape index (κ1) is 24.2. The molecule has 1 fully saturated rings. The van der Waals surface area contributed by atoms with Crippen LogP contribution in [0.1, 0.15) is 50.9 Å². The standard InChI is InChI=1S/C24H34N4O3S/c1-5-13-28-22(15-31-20-12-11-17(3)14-21(20)30-6-2)26-27-24(28)32-16-23(29)25-19-10-8-7-9-18(19)4/h5,11-12,14,18-19H,1,6-10,13,15-16H2,2-4H3,(H,25,29)/t18-,19+/m0/s1. The second kappa shape index (κ2) is 11.9. The van der Waals surface area contributed by atoms with Crippen molar-refractivity contribution in [3.63, 3.8) is 0 Å². The van der Waals surface area contributed by atoms with Crippen molar-refractivity contribution in [1.82, 2.24) is 20.1 Å². The van der Waals surface area contributed by atoms with E-state index in [4.69, 9.17) is 9.47 Å². The fraction of sp³-hybridized carbons (Fsp3) is 0.542. The number of thioether (sulfide) groups is 1. The summed E-state index contributed by atoms with van der Waals surface area (Å²) in [5.41, 5.74) is 1.11. The van der Waals surface area contributed by atoms with Crippen LogP contribution in [-0.4, -0.2) is 39.1 Å². The summed E-state index contributed by atoms with van der Waals surface area (Å²) in [7, 11) is 0. The number of hydrogen-bond donors (Lipinski definition) is 1. The number of nitrogens with zero attached hydrogens (tertiary/aromatic N) is 3. The minimum absolute atomic E-state index is 0.0423. The number of amides is 1. The van der Waals surface area contributed by atoms with Gasteiger partial charge >= 0.3 is 0 Å². The fourth-order valence-corrected chi connectivity index (χ4v) is 4.68. The highest BCUT2D eigenvalue weighted by molar-refractivity contribution is 7.99. The largest absolute Gasteiger partial charge is 0.490 e. The van der Waals surface area contributed by atoms with Crippen LogP contribution in [0.25, 0.3) is 0 Å². The van der Waals surface area contributed by atoms with E-state index in [9.17, 15) is 4.79 Å². The minimum atomic E-state index is 0.0423. The van der Waals surface area contributed by atoms with Crippen molar-refractivity contribution in [2.24, 2.45) is 5.92 Å². The zero-order valence-electron chi connectivity index (χ0n) is 19.3. The number of aryl methyl sites for hydroxylation is 1. The quantitative estimate of drug-likeness (QED) is 0.394. The molecule has 0 spiro atoms. The molecule has 1 aromatic carbocycles. The molecule has 1 N–H and O–H groups in total. The maximum Gasteiger partial charge on any atom is 0.230 e. The number of rotatable bonds is 11. The molecule has 7 nitrogen and oxygen atoms in total. The van der Waals surface area contributed by atoms with Gasteiger partial charge in [0.2, 0.25) is 5.91 Å². The summed E-state index contributed by atoms with van der Waals surface area (Å²) < 4.78 is 13.6. The number of carbonyl (C=O) groups excluding carboxylic acids is 1. The van der Waals surface area contributed by atoms with Gasteiger partial charge in [-0.25, -0.2) is 0 Å². The summed E-state index contributed by atoms with van der Waals surface area (Å²) in [5.74, 6) is 2.95. The first-order valence-corrected chi connectivity index (χ1v) is 12.3. The van der Waals surface area contributed by atoms with E-state index in [2.05, 4.69) is 29.0 Å². The van der Waals surface area contributed by atoms with Crippen molar-refractivity contribution in [2.45, 2.75) is 70.8 Å². The first-order valence-electron chi connectivity index (χ1n) is 11.3. The Morgan fingerprint density at radius 1 is 1.28 bits per heavy atom. The number of aromatic nitrogens is 3. The third-order valence-electron chi connectivity index (χ3n) is 5.65. The first-order chi connectivity index (χ1) is 15.5. The lowest BCUT2D eigenvalue weighted by atomic mass is 9.86. The molecule has 32 heavy (non-hydrogen) atoms. The Balaban J connectivity index is 1.61. The van der Waals surface area contributed by atoms with E-state index >= 15 is 0 Å². The topological polar surface area (TPSA) is 78.3 Å². The van der Waals surface area contributed by atoms with E-state index < -0.39 is 0 Å². The second-order valence-corrected chi connectivity index (χ2v) is 9.14. The van der Waals surface area contributed by atoms with Crippen molar-refractivity contribution in [3.05, 3.63) is 42.2 Å². The number of benzene rings is 1. The van der Waals surface area contributed by atoms with Gasteiger partial charge in [-0.2, -0.15) is 0 Å². The third-order valence-corrected chi connectivity index (χ3v) is 6.62. The van der Waals surface area contributed by atoms with Crippen molar-refractivity contribution in [2.75, 3.05) is 12.4 Å². The fourth-order valence-electron chi connectivity index (χ4n) is 3.90. The molecule has 174 valence electrons. The predicted octanol–water partition coefficient (Wildman–Crippen LogP) is 4.54. The molecule has 0 radical (unpaired) electrons. The SMILES string of the molecule is C=CCn1c(COc2ccc(C)cc2OCC)nnc1SCC(=O)N[C@@H]1CCCC[C@@H]1C. The van der Waals surface area contributed by atoms with E-state index in [1.54, 1.807) is 6.08 Å². The van der Waals surface area contributed by atoms with Crippen LogP contribution in [0, 0.1) is 12.8 Å². The van der Waals surface area contributed by atoms with Gasteiger partial charge in [0.15, 0.2) is 22.5 Å². The molecule has 2 aromatic rings. The lowest BCUT2D eigenvalue weighted by molar-refractivity contribution is -0.119. The van der Waals surface area contributed by atoms with Gasteiger partial charge < -0.3 is 14.8 Å². The smallest absolute Gasteiger partial charge is 0.230 e. The Kier molecular flexibility index (Phi) is 9.02. The van der Waals surface area contributed by atoms with Gasteiger partial charge in [0.1, 0.15) is 6.61 Å². The molecule has 1 amide bonds. The van der Waals surface area contributed by atoms with Crippen LogP contribution in [0.15, 0.2) is 36.0 Å². The van der Waals surface area contributed by atoms with Crippen molar-refractivity contribution < 1.29 is 14.3 Å². The van der Waals surface area contributed by atoms with Gasteiger partial charge in [-0.15, -0.1) is 16.8 Å². The Morgan fingerprint density at radius 2 is 2.09 bits per heavy atom. The van der Waals surface area contributed by atoms with Gasteiger partial charge in [-0.05, 0) is 50.3 Å². The summed E-state index contributed by atoms with van der Waals surface area (Å²) in [5, 5.41) is 12.5. The highest BCUT2D eigenvalue weighted by Gasteiger charge is 2.23. The average molecular weight is 459 g/mol. The van der Waals surface area contributed by atoms with Crippen molar-refractivity contribution in [3.8, 4) is 11.5 Å². The Bertz CT molecular complexity index is 915. The summed E-state index contributed by atoms with van der Waals surface area (Å²) in [4.78, 5) is 12.5. The van der Waals surface area contributed by atoms with E-state index in [1.807, 2.05) is 36.6 Å². The van der Waals surface area contributed by atoms with E-state index in [-0.39, 0.29) is 18.6 Å². The molecular weight excluding hydrogens is 424 g/mol. The van der Waals surface area contributed by atoms with Gasteiger partial charge in [0.05, 0.1) is 12.4 Å². The number of carbonyl (C=O) groups is 1. The molecule has 8 heteroatoms. The van der Waals surface area contributed by atoms with Gasteiger partial charge in [-0.1, -0.05) is 43.7 Å². The van der Waals surface area contributed by atoms with Gasteiger partial charge in [0.25, 0.3) is 0 Å². The highest BCUT2D eigenvalue weighted by Crippen LogP contribution is 2.29. The molecule has 1 aliphatic rings.